The molecule has 0 spiro atoms. The molecule has 0 aliphatic rings. The second-order valence-electron chi connectivity index (χ2n) is 2.81. The van der Waals surface area contributed by atoms with E-state index in [0.29, 0.717) is 6.61 Å². The van der Waals surface area contributed by atoms with Crippen molar-refractivity contribution in [3.63, 3.8) is 0 Å². The first kappa shape index (κ1) is 14.2. The molecule has 0 aliphatic carbocycles. The van der Waals surface area contributed by atoms with Gasteiger partial charge in [0, 0.05) is 0 Å². The Kier molecular flexibility index (Phi) is 7.13. The normalized spacial score (nSPS) is 11.5. The van der Waals surface area contributed by atoms with Crippen molar-refractivity contribution >= 4 is 30.0 Å². The van der Waals surface area contributed by atoms with Crippen LogP contribution in [-0.4, -0.2) is 23.1 Å². The maximum absolute atomic E-state index is 10.3. The molecule has 0 saturated carbocycles. The monoisotopic (exact) mass is 250 g/mol. The Morgan fingerprint density at radius 2 is 2.00 bits per heavy atom. The van der Waals surface area contributed by atoms with Crippen LogP contribution in [0, 0.1) is 0 Å². The lowest BCUT2D eigenvalue weighted by molar-refractivity contribution is -0.137. The van der Waals surface area contributed by atoms with Crippen molar-refractivity contribution in [2.75, 3.05) is 6.61 Å². The van der Waals surface area contributed by atoms with Gasteiger partial charge in [0.05, 0.1) is 13.2 Å². The van der Waals surface area contributed by atoms with E-state index >= 15 is 0 Å². The van der Waals surface area contributed by atoms with E-state index in [4.69, 9.17) is 21.4 Å². The first-order valence-electron chi connectivity index (χ1n) is 4.18. The Bertz CT molecular complexity index is 290. The van der Waals surface area contributed by atoms with Crippen LogP contribution in [0.5, 0.6) is 0 Å². The predicted octanol–water partition coefficient (Wildman–Crippen LogP) is 2.32. The summed E-state index contributed by atoms with van der Waals surface area (Å²) in [6, 6.07) is 9.52. The molecule has 1 unspecified atom stereocenters. The minimum absolute atomic E-state index is 0. The predicted molar refractivity (Wildman–Crippen MR) is 60.6 cm³/mol. The number of carboxylic acids is 1. The van der Waals surface area contributed by atoms with Gasteiger partial charge in [0.15, 0.2) is 5.38 Å². The fourth-order valence-electron chi connectivity index (χ4n) is 0.926. The van der Waals surface area contributed by atoms with E-state index in [-0.39, 0.29) is 19.0 Å². The van der Waals surface area contributed by atoms with Crippen molar-refractivity contribution in [2.24, 2.45) is 0 Å². The van der Waals surface area contributed by atoms with Crippen molar-refractivity contribution in [1.82, 2.24) is 0 Å². The summed E-state index contributed by atoms with van der Waals surface area (Å²) in [6.07, 6.45) is 0. The molecule has 0 radical (unpaired) electrons. The van der Waals surface area contributed by atoms with E-state index in [0.717, 1.165) is 5.56 Å². The van der Waals surface area contributed by atoms with Crippen LogP contribution in [0.1, 0.15) is 5.56 Å². The average Bonchev–Trinajstić information content (AvgIpc) is 2.19. The Morgan fingerprint density at radius 1 is 1.40 bits per heavy atom. The molecular weight excluding hydrogens is 239 g/mol. The maximum Gasteiger partial charge on any atom is 0.324 e. The van der Waals surface area contributed by atoms with E-state index in [2.05, 4.69) is 0 Å². The number of hydrogen-bond acceptors (Lipinski definition) is 2. The molecule has 1 rings (SSSR count). The van der Waals surface area contributed by atoms with Crippen LogP contribution in [0.25, 0.3) is 0 Å². The van der Waals surface area contributed by atoms with Gasteiger partial charge in [-0.05, 0) is 5.56 Å². The summed E-state index contributed by atoms with van der Waals surface area (Å²) in [7, 11) is 0. The van der Waals surface area contributed by atoms with E-state index in [1.54, 1.807) is 0 Å². The summed E-state index contributed by atoms with van der Waals surface area (Å²) in [4.78, 5) is 10.3. The van der Waals surface area contributed by atoms with Crippen molar-refractivity contribution in [3.8, 4) is 0 Å². The van der Waals surface area contributed by atoms with Crippen molar-refractivity contribution < 1.29 is 14.6 Å². The topological polar surface area (TPSA) is 46.5 Å². The third kappa shape index (κ3) is 5.62. The summed E-state index contributed by atoms with van der Waals surface area (Å²) < 4.78 is 5.13. The molecule has 3 nitrogen and oxygen atoms in total. The van der Waals surface area contributed by atoms with Gasteiger partial charge in [-0.15, -0.1) is 24.0 Å². The molecule has 1 aromatic carbocycles. The van der Waals surface area contributed by atoms with E-state index in [1.165, 1.54) is 0 Å². The maximum atomic E-state index is 10.3. The minimum atomic E-state index is -1.06. The second-order valence-corrected chi connectivity index (χ2v) is 3.33. The van der Waals surface area contributed by atoms with Crippen LogP contribution in [0.4, 0.5) is 0 Å². The van der Waals surface area contributed by atoms with Gasteiger partial charge in [-0.1, -0.05) is 30.3 Å². The van der Waals surface area contributed by atoms with E-state index < -0.39 is 11.3 Å². The second kappa shape index (κ2) is 7.51. The van der Waals surface area contributed by atoms with Crippen LogP contribution < -0.4 is 0 Å². The molecule has 0 bridgehead atoms. The third-order valence-corrected chi connectivity index (χ3v) is 1.96. The van der Waals surface area contributed by atoms with Gasteiger partial charge in [-0.2, -0.15) is 0 Å². The fraction of sp³-hybridized carbons (Fsp3) is 0.300. The number of carboxylic acid groups (broad SMARTS) is 1. The van der Waals surface area contributed by atoms with Crippen LogP contribution in [0.2, 0.25) is 0 Å². The Labute approximate surface area is 99.4 Å². The molecule has 0 saturated heterocycles. The van der Waals surface area contributed by atoms with Crippen molar-refractivity contribution in [2.45, 2.75) is 12.0 Å². The van der Waals surface area contributed by atoms with Crippen molar-refractivity contribution in [1.29, 1.82) is 0 Å². The lowest BCUT2D eigenvalue weighted by Crippen LogP contribution is -2.19. The highest BCUT2D eigenvalue weighted by atomic mass is 35.5. The largest absolute Gasteiger partial charge is 0.480 e. The number of rotatable bonds is 5. The van der Waals surface area contributed by atoms with Gasteiger partial charge < -0.3 is 9.84 Å². The quantitative estimate of drug-likeness (QED) is 0.817. The number of hydrogen-bond donors (Lipinski definition) is 1. The SMILES string of the molecule is Cl.O=C(O)C(Cl)COCc1ccccc1. The van der Waals surface area contributed by atoms with Crippen LogP contribution in [-0.2, 0) is 16.1 Å². The first-order valence-corrected chi connectivity index (χ1v) is 4.62. The van der Waals surface area contributed by atoms with Gasteiger partial charge in [-0.25, -0.2) is 0 Å². The van der Waals surface area contributed by atoms with Gasteiger partial charge in [0.1, 0.15) is 0 Å². The highest BCUT2D eigenvalue weighted by Gasteiger charge is 2.12. The lowest BCUT2D eigenvalue weighted by Gasteiger charge is -2.05. The molecule has 5 heteroatoms. The van der Waals surface area contributed by atoms with Gasteiger partial charge in [-0.3, -0.25) is 4.79 Å². The first-order chi connectivity index (χ1) is 6.70. The lowest BCUT2D eigenvalue weighted by atomic mass is 10.2. The molecule has 84 valence electrons. The third-order valence-electron chi connectivity index (χ3n) is 1.64. The molecule has 0 aliphatic heterocycles. The van der Waals surface area contributed by atoms with Crippen molar-refractivity contribution in [3.05, 3.63) is 35.9 Å². The number of aliphatic carboxylic acids is 1. The number of ether oxygens (including phenoxy) is 1. The summed E-state index contributed by atoms with van der Waals surface area (Å²) in [6.45, 7) is 0.406. The molecule has 0 amide bonds. The zero-order chi connectivity index (χ0) is 10.4. The Balaban J connectivity index is 0.00000196. The molecule has 0 fully saturated rings. The molecule has 0 aromatic heterocycles. The standard InChI is InChI=1S/C10H11ClO3.ClH/c11-9(10(12)13)7-14-6-8-4-2-1-3-5-8;/h1-5,9H,6-7H2,(H,12,13);1H. The molecule has 0 heterocycles. The zero-order valence-electron chi connectivity index (χ0n) is 7.93. The summed E-state index contributed by atoms with van der Waals surface area (Å²) in [5.74, 6) is -1.06. The van der Waals surface area contributed by atoms with Gasteiger partial charge in [0.2, 0.25) is 0 Å². The summed E-state index contributed by atoms with van der Waals surface area (Å²) >= 11 is 5.46. The number of carbonyl (C=O) groups is 1. The van der Waals surface area contributed by atoms with Gasteiger partial charge >= 0.3 is 5.97 Å². The molecular formula is C10H12Cl2O3. The molecule has 1 atom stereocenters. The molecule has 15 heavy (non-hydrogen) atoms. The summed E-state index contributed by atoms with van der Waals surface area (Å²) in [5, 5.41) is 7.49. The van der Waals surface area contributed by atoms with E-state index in [1.807, 2.05) is 30.3 Å². The number of alkyl halides is 1. The fourth-order valence-corrected chi connectivity index (χ4v) is 1.01. The zero-order valence-corrected chi connectivity index (χ0v) is 9.50. The summed E-state index contributed by atoms with van der Waals surface area (Å²) in [5.41, 5.74) is 1.00. The average molecular weight is 251 g/mol. The van der Waals surface area contributed by atoms with Crippen LogP contribution in [0.15, 0.2) is 30.3 Å². The molecule has 1 N–H and O–H groups in total. The Hall–Kier alpha value is -0.770. The van der Waals surface area contributed by atoms with Crippen LogP contribution in [0.3, 0.4) is 0 Å². The van der Waals surface area contributed by atoms with Crippen LogP contribution >= 0.6 is 24.0 Å². The smallest absolute Gasteiger partial charge is 0.324 e. The Morgan fingerprint density at radius 3 is 2.53 bits per heavy atom. The number of benzene rings is 1. The minimum Gasteiger partial charge on any atom is -0.480 e. The highest BCUT2D eigenvalue weighted by molar-refractivity contribution is 6.29. The van der Waals surface area contributed by atoms with E-state index in [9.17, 15) is 4.79 Å². The van der Waals surface area contributed by atoms with Gasteiger partial charge in [0.25, 0.3) is 0 Å². The number of halogens is 2. The molecule has 1 aromatic rings. The highest BCUT2D eigenvalue weighted by Crippen LogP contribution is 2.03.